The van der Waals surface area contributed by atoms with E-state index in [-0.39, 0.29) is 11.8 Å². The quantitative estimate of drug-likeness (QED) is 0.833. The van der Waals surface area contributed by atoms with Gasteiger partial charge < -0.3 is 14.4 Å². The number of carbonyl (C=O) groups is 2. The Morgan fingerprint density at radius 3 is 2.19 bits per heavy atom. The lowest BCUT2D eigenvalue weighted by atomic mass is 10.0. The van der Waals surface area contributed by atoms with Gasteiger partial charge >= 0.3 is 0 Å². The third-order valence-electron chi connectivity index (χ3n) is 5.29. The molecule has 3 rings (SSSR count). The number of rotatable bonds is 4. The Kier molecular flexibility index (Phi) is 5.99. The van der Waals surface area contributed by atoms with Crippen molar-refractivity contribution in [3.8, 4) is 0 Å². The summed E-state index contributed by atoms with van der Waals surface area (Å²) in [6.45, 7) is 6.79. The topological polar surface area (TPSA) is 45.6 Å². The number of hydrogen-bond donors (Lipinski definition) is 0. The summed E-state index contributed by atoms with van der Waals surface area (Å²) >= 11 is 0. The van der Waals surface area contributed by atoms with E-state index in [1.54, 1.807) is 0 Å². The van der Waals surface area contributed by atoms with Crippen LogP contribution in [0.15, 0.2) is 36.7 Å². The predicted octanol–water partition coefficient (Wildman–Crippen LogP) is 2.49. The Morgan fingerprint density at radius 2 is 1.59 bits per heavy atom. The molecule has 144 valence electrons. The first kappa shape index (κ1) is 19.2. The van der Waals surface area contributed by atoms with Crippen LogP contribution >= 0.6 is 0 Å². The molecule has 27 heavy (non-hydrogen) atoms. The standard InChI is InChI=1S/C22H29N3O2/c1-17-5-6-20(18(2)13-17)15-22(27)25-9-4-8-24(11-12-25)21(26)14-19-7-10-23(3)16-19/h5-7,10,13,16H,4,8-9,11-12,14-15H2,1-3H3. The molecule has 0 atom stereocenters. The third-order valence-corrected chi connectivity index (χ3v) is 5.29. The van der Waals surface area contributed by atoms with E-state index in [9.17, 15) is 9.59 Å². The van der Waals surface area contributed by atoms with Crippen molar-refractivity contribution in [1.29, 1.82) is 0 Å². The van der Waals surface area contributed by atoms with E-state index in [0.717, 1.165) is 36.2 Å². The van der Waals surface area contributed by atoms with Crippen LogP contribution in [0.5, 0.6) is 0 Å². The van der Waals surface area contributed by atoms with Crippen molar-refractivity contribution in [2.75, 3.05) is 26.2 Å². The summed E-state index contributed by atoms with van der Waals surface area (Å²) in [7, 11) is 1.96. The summed E-state index contributed by atoms with van der Waals surface area (Å²) in [5.74, 6) is 0.296. The van der Waals surface area contributed by atoms with E-state index in [1.165, 1.54) is 5.56 Å². The Morgan fingerprint density at radius 1 is 0.926 bits per heavy atom. The van der Waals surface area contributed by atoms with Gasteiger partial charge in [0.2, 0.25) is 11.8 Å². The second-order valence-electron chi connectivity index (χ2n) is 7.58. The minimum absolute atomic E-state index is 0.143. The fourth-order valence-corrected chi connectivity index (χ4v) is 3.69. The van der Waals surface area contributed by atoms with E-state index in [2.05, 4.69) is 32.0 Å². The van der Waals surface area contributed by atoms with Gasteiger partial charge in [0.1, 0.15) is 0 Å². The minimum atomic E-state index is 0.143. The summed E-state index contributed by atoms with van der Waals surface area (Å²) in [6.07, 6.45) is 5.63. The summed E-state index contributed by atoms with van der Waals surface area (Å²) in [5.41, 5.74) is 4.50. The van der Waals surface area contributed by atoms with Gasteiger partial charge in [-0.15, -0.1) is 0 Å². The van der Waals surface area contributed by atoms with Gasteiger partial charge in [0.25, 0.3) is 0 Å². The van der Waals surface area contributed by atoms with Gasteiger partial charge in [0.15, 0.2) is 0 Å². The molecule has 1 aromatic carbocycles. The smallest absolute Gasteiger partial charge is 0.227 e. The lowest BCUT2D eigenvalue weighted by Crippen LogP contribution is -2.38. The van der Waals surface area contributed by atoms with Crippen molar-refractivity contribution in [1.82, 2.24) is 14.4 Å². The molecular weight excluding hydrogens is 338 g/mol. The van der Waals surface area contributed by atoms with Crippen LogP contribution in [0.3, 0.4) is 0 Å². The normalized spacial score (nSPS) is 14.9. The van der Waals surface area contributed by atoms with Gasteiger partial charge in [-0.05, 0) is 43.0 Å². The zero-order valence-corrected chi connectivity index (χ0v) is 16.6. The molecule has 5 nitrogen and oxygen atoms in total. The Hall–Kier alpha value is -2.56. The van der Waals surface area contributed by atoms with Gasteiger partial charge in [-0.1, -0.05) is 23.8 Å². The molecule has 1 aliphatic heterocycles. The maximum atomic E-state index is 12.7. The molecule has 2 amide bonds. The Bertz CT molecular complexity index is 825. The average molecular weight is 367 g/mol. The van der Waals surface area contributed by atoms with Gasteiger partial charge in [-0.25, -0.2) is 0 Å². The molecule has 0 bridgehead atoms. The average Bonchev–Trinajstić information content (AvgIpc) is 2.88. The van der Waals surface area contributed by atoms with E-state index in [4.69, 9.17) is 0 Å². The zero-order valence-electron chi connectivity index (χ0n) is 16.6. The number of aryl methyl sites for hydroxylation is 3. The fraction of sp³-hybridized carbons (Fsp3) is 0.455. The van der Waals surface area contributed by atoms with Crippen molar-refractivity contribution in [3.63, 3.8) is 0 Å². The largest absolute Gasteiger partial charge is 0.357 e. The molecule has 2 aromatic rings. The molecular formula is C22H29N3O2. The first-order valence-electron chi connectivity index (χ1n) is 9.65. The molecule has 0 spiro atoms. The molecule has 1 fully saturated rings. The van der Waals surface area contributed by atoms with Gasteiger partial charge in [-0.3, -0.25) is 9.59 Å². The van der Waals surface area contributed by atoms with Crippen molar-refractivity contribution in [2.24, 2.45) is 7.05 Å². The Balaban J connectivity index is 1.55. The number of hydrogen-bond acceptors (Lipinski definition) is 2. The van der Waals surface area contributed by atoms with Crippen molar-refractivity contribution < 1.29 is 9.59 Å². The van der Waals surface area contributed by atoms with Crippen molar-refractivity contribution in [2.45, 2.75) is 33.1 Å². The van der Waals surface area contributed by atoms with E-state index < -0.39 is 0 Å². The Labute approximate surface area is 161 Å². The highest BCUT2D eigenvalue weighted by Crippen LogP contribution is 2.14. The summed E-state index contributed by atoms with van der Waals surface area (Å²) in [5, 5.41) is 0. The maximum Gasteiger partial charge on any atom is 0.227 e. The number of amides is 2. The van der Waals surface area contributed by atoms with Crippen LogP contribution in [0.1, 0.15) is 28.7 Å². The highest BCUT2D eigenvalue weighted by molar-refractivity contribution is 5.80. The lowest BCUT2D eigenvalue weighted by molar-refractivity contribution is -0.132. The molecule has 0 aliphatic carbocycles. The summed E-state index contributed by atoms with van der Waals surface area (Å²) in [4.78, 5) is 29.1. The van der Waals surface area contributed by atoms with Crippen LogP contribution in [0.4, 0.5) is 0 Å². The molecule has 0 N–H and O–H groups in total. The van der Waals surface area contributed by atoms with Crippen molar-refractivity contribution in [3.05, 3.63) is 58.9 Å². The maximum absolute atomic E-state index is 12.7. The number of nitrogens with zero attached hydrogens (tertiary/aromatic N) is 3. The van der Waals surface area contributed by atoms with Crippen LogP contribution in [0.2, 0.25) is 0 Å². The fourth-order valence-electron chi connectivity index (χ4n) is 3.69. The lowest BCUT2D eigenvalue weighted by Gasteiger charge is -2.22. The number of benzene rings is 1. The van der Waals surface area contributed by atoms with Crippen LogP contribution in [0.25, 0.3) is 0 Å². The van der Waals surface area contributed by atoms with Crippen molar-refractivity contribution >= 4 is 11.8 Å². The first-order valence-corrected chi connectivity index (χ1v) is 9.65. The number of carbonyl (C=O) groups excluding carboxylic acids is 2. The van der Waals surface area contributed by atoms with Crippen LogP contribution in [-0.2, 0) is 29.5 Å². The molecule has 0 unspecified atom stereocenters. The SMILES string of the molecule is Cc1ccc(CC(=O)N2CCCN(C(=O)Cc3ccn(C)c3)CC2)c(C)c1. The second kappa shape index (κ2) is 8.42. The molecule has 0 radical (unpaired) electrons. The summed E-state index contributed by atoms with van der Waals surface area (Å²) < 4.78 is 1.96. The third kappa shape index (κ3) is 5.00. The molecule has 2 heterocycles. The zero-order chi connectivity index (χ0) is 19.4. The van der Waals surface area contributed by atoms with Gasteiger partial charge in [0.05, 0.1) is 12.8 Å². The van der Waals surface area contributed by atoms with Gasteiger partial charge in [0, 0.05) is 45.6 Å². The van der Waals surface area contributed by atoms with Crippen LogP contribution < -0.4 is 0 Å². The second-order valence-corrected chi connectivity index (χ2v) is 7.58. The molecule has 1 aromatic heterocycles. The molecule has 5 heteroatoms. The highest BCUT2D eigenvalue weighted by Gasteiger charge is 2.22. The monoisotopic (exact) mass is 367 g/mol. The number of aromatic nitrogens is 1. The molecule has 1 aliphatic rings. The van der Waals surface area contributed by atoms with Crippen LogP contribution in [-0.4, -0.2) is 52.4 Å². The van der Waals surface area contributed by atoms with E-state index in [0.29, 0.717) is 25.9 Å². The first-order chi connectivity index (χ1) is 12.9. The predicted molar refractivity (Wildman–Crippen MR) is 107 cm³/mol. The summed E-state index contributed by atoms with van der Waals surface area (Å²) in [6, 6.07) is 8.21. The molecule has 1 saturated heterocycles. The van der Waals surface area contributed by atoms with Gasteiger partial charge in [-0.2, -0.15) is 0 Å². The molecule has 0 saturated carbocycles. The van der Waals surface area contributed by atoms with E-state index >= 15 is 0 Å². The van der Waals surface area contributed by atoms with Crippen LogP contribution in [0, 0.1) is 13.8 Å². The highest BCUT2D eigenvalue weighted by atomic mass is 16.2. The van der Waals surface area contributed by atoms with E-state index in [1.807, 2.05) is 39.9 Å². The minimum Gasteiger partial charge on any atom is -0.357 e.